The van der Waals surface area contributed by atoms with Gasteiger partial charge in [0.05, 0.1) is 11.6 Å². The van der Waals surface area contributed by atoms with E-state index in [1.807, 2.05) is 30.3 Å². The zero-order valence-electron chi connectivity index (χ0n) is 10.3. The van der Waals surface area contributed by atoms with E-state index < -0.39 is 0 Å². The van der Waals surface area contributed by atoms with Crippen molar-refractivity contribution in [2.75, 3.05) is 7.11 Å². The highest BCUT2D eigenvalue weighted by molar-refractivity contribution is 9.10. The van der Waals surface area contributed by atoms with E-state index in [-0.39, 0.29) is 0 Å². The molecule has 0 radical (unpaired) electrons. The SMILES string of the molecule is COc1ccc(OCc2cccnc2C#N)c(Br)c1. The minimum Gasteiger partial charge on any atom is -0.497 e. The second-order valence-corrected chi connectivity index (χ2v) is 4.56. The van der Waals surface area contributed by atoms with Crippen LogP contribution in [0.4, 0.5) is 0 Å². The Bertz CT molecular complexity index is 623. The van der Waals surface area contributed by atoms with Crippen molar-refractivity contribution in [3.63, 3.8) is 0 Å². The second-order valence-electron chi connectivity index (χ2n) is 3.71. The summed E-state index contributed by atoms with van der Waals surface area (Å²) in [6.07, 6.45) is 1.59. The maximum absolute atomic E-state index is 8.94. The zero-order chi connectivity index (χ0) is 13.7. The molecule has 0 saturated heterocycles. The first-order valence-electron chi connectivity index (χ1n) is 5.55. The van der Waals surface area contributed by atoms with Crippen LogP contribution in [0.25, 0.3) is 0 Å². The van der Waals surface area contributed by atoms with Crippen LogP contribution in [0.5, 0.6) is 11.5 Å². The van der Waals surface area contributed by atoms with Gasteiger partial charge in [0, 0.05) is 11.8 Å². The summed E-state index contributed by atoms with van der Waals surface area (Å²) in [5.74, 6) is 1.44. The van der Waals surface area contributed by atoms with Gasteiger partial charge in [0.2, 0.25) is 0 Å². The van der Waals surface area contributed by atoms with Crippen molar-refractivity contribution >= 4 is 15.9 Å². The first-order chi connectivity index (χ1) is 9.24. The number of pyridine rings is 1. The number of hydrogen-bond acceptors (Lipinski definition) is 4. The van der Waals surface area contributed by atoms with E-state index in [0.29, 0.717) is 18.1 Å². The van der Waals surface area contributed by atoms with Gasteiger partial charge in [0.1, 0.15) is 29.9 Å². The lowest BCUT2D eigenvalue weighted by Gasteiger charge is -2.10. The van der Waals surface area contributed by atoms with Crippen molar-refractivity contribution in [3.8, 4) is 17.6 Å². The van der Waals surface area contributed by atoms with Gasteiger partial charge in [-0.1, -0.05) is 6.07 Å². The normalized spacial score (nSPS) is 9.74. The van der Waals surface area contributed by atoms with Gasteiger partial charge in [-0.3, -0.25) is 0 Å². The quantitative estimate of drug-likeness (QED) is 0.867. The number of nitrogens with zero attached hydrogens (tertiary/aromatic N) is 2. The van der Waals surface area contributed by atoms with Gasteiger partial charge in [-0.15, -0.1) is 0 Å². The largest absolute Gasteiger partial charge is 0.497 e. The van der Waals surface area contributed by atoms with E-state index in [9.17, 15) is 0 Å². The van der Waals surface area contributed by atoms with Crippen molar-refractivity contribution in [1.82, 2.24) is 4.98 Å². The summed E-state index contributed by atoms with van der Waals surface area (Å²) >= 11 is 3.41. The van der Waals surface area contributed by atoms with Crippen LogP contribution in [0.3, 0.4) is 0 Å². The minimum atomic E-state index is 0.293. The molecule has 0 bridgehead atoms. The summed E-state index contributed by atoms with van der Waals surface area (Å²) in [7, 11) is 1.61. The average molecular weight is 319 g/mol. The van der Waals surface area contributed by atoms with Crippen LogP contribution in [-0.2, 0) is 6.61 Å². The molecule has 0 aliphatic rings. The van der Waals surface area contributed by atoms with Gasteiger partial charge in [-0.2, -0.15) is 5.26 Å². The Balaban J connectivity index is 2.13. The minimum absolute atomic E-state index is 0.293. The van der Waals surface area contributed by atoms with Crippen LogP contribution < -0.4 is 9.47 Å². The Morgan fingerprint density at radius 3 is 2.89 bits per heavy atom. The third kappa shape index (κ3) is 3.24. The molecule has 0 saturated carbocycles. The fraction of sp³-hybridized carbons (Fsp3) is 0.143. The van der Waals surface area contributed by atoms with Crippen LogP contribution in [0.15, 0.2) is 41.0 Å². The highest BCUT2D eigenvalue weighted by Gasteiger charge is 2.06. The number of aromatic nitrogens is 1. The van der Waals surface area contributed by atoms with Crippen LogP contribution in [0, 0.1) is 11.3 Å². The standard InChI is InChI=1S/C14H11BrN2O2/c1-18-11-4-5-14(12(15)7-11)19-9-10-3-2-6-17-13(10)8-16/h2-7H,9H2,1H3. The first-order valence-corrected chi connectivity index (χ1v) is 6.34. The molecule has 0 amide bonds. The van der Waals surface area contributed by atoms with Gasteiger partial charge in [-0.05, 0) is 40.2 Å². The van der Waals surface area contributed by atoms with E-state index in [1.165, 1.54) is 0 Å². The topological polar surface area (TPSA) is 55.1 Å². The monoisotopic (exact) mass is 318 g/mol. The molecule has 0 aliphatic heterocycles. The smallest absolute Gasteiger partial charge is 0.147 e. The first kappa shape index (κ1) is 13.4. The summed E-state index contributed by atoms with van der Waals surface area (Å²) in [6.45, 7) is 0.293. The van der Waals surface area contributed by atoms with Gasteiger partial charge < -0.3 is 9.47 Å². The number of nitriles is 1. The molecule has 0 fully saturated rings. The van der Waals surface area contributed by atoms with Crippen molar-refractivity contribution in [2.45, 2.75) is 6.61 Å². The van der Waals surface area contributed by atoms with E-state index in [4.69, 9.17) is 14.7 Å². The Kier molecular flexibility index (Phi) is 4.37. The maximum Gasteiger partial charge on any atom is 0.147 e. The molecule has 96 valence electrons. The summed E-state index contributed by atoms with van der Waals surface area (Å²) in [6, 6.07) is 11.1. The van der Waals surface area contributed by atoms with E-state index in [2.05, 4.69) is 20.9 Å². The molecule has 0 aliphatic carbocycles. The van der Waals surface area contributed by atoms with Crippen LogP contribution in [-0.4, -0.2) is 12.1 Å². The molecule has 0 spiro atoms. The van der Waals surface area contributed by atoms with Crippen LogP contribution in [0.1, 0.15) is 11.3 Å². The summed E-state index contributed by atoms with van der Waals surface area (Å²) in [4.78, 5) is 3.99. The lowest BCUT2D eigenvalue weighted by Crippen LogP contribution is -2.00. The van der Waals surface area contributed by atoms with Crippen molar-refractivity contribution in [2.24, 2.45) is 0 Å². The highest BCUT2D eigenvalue weighted by atomic mass is 79.9. The summed E-state index contributed by atoms with van der Waals surface area (Å²) in [5.41, 5.74) is 1.14. The molecule has 1 aromatic heterocycles. The Hall–Kier alpha value is -2.06. The zero-order valence-corrected chi connectivity index (χ0v) is 11.8. The molecule has 4 nitrogen and oxygen atoms in total. The summed E-state index contributed by atoms with van der Waals surface area (Å²) in [5, 5.41) is 8.94. The molecule has 0 N–H and O–H groups in total. The van der Waals surface area contributed by atoms with Crippen molar-refractivity contribution < 1.29 is 9.47 Å². The fourth-order valence-corrected chi connectivity index (χ4v) is 2.01. The maximum atomic E-state index is 8.94. The Morgan fingerprint density at radius 1 is 1.37 bits per heavy atom. The third-order valence-corrected chi connectivity index (χ3v) is 3.14. The van der Waals surface area contributed by atoms with Gasteiger partial charge in [0.25, 0.3) is 0 Å². The Morgan fingerprint density at radius 2 is 2.21 bits per heavy atom. The van der Waals surface area contributed by atoms with E-state index in [1.54, 1.807) is 19.4 Å². The van der Waals surface area contributed by atoms with E-state index in [0.717, 1.165) is 15.8 Å². The molecular formula is C14H11BrN2O2. The van der Waals surface area contributed by atoms with Crippen molar-refractivity contribution in [3.05, 3.63) is 52.3 Å². The van der Waals surface area contributed by atoms with E-state index >= 15 is 0 Å². The van der Waals surface area contributed by atoms with Crippen molar-refractivity contribution in [1.29, 1.82) is 5.26 Å². The van der Waals surface area contributed by atoms with Crippen LogP contribution >= 0.6 is 15.9 Å². The predicted molar refractivity (Wildman–Crippen MR) is 74.0 cm³/mol. The second kappa shape index (κ2) is 6.21. The molecular weight excluding hydrogens is 308 g/mol. The molecule has 0 atom stereocenters. The fourth-order valence-electron chi connectivity index (χ4n) is 1.54. The van der Waals surface area contributed by atoms with Gasteiger partial charge in [-0.25, -0.2) is 4.98 Å². The number of hydrogen-bond donors (Lipinski definition) is 0. The molecule has 2 aromatic rings. The lowest BCUT2D eigenvalue weighted by atomic mass is 10.2. The highest BCUT2D eigenvalue weighted by Crippen LogP contribution is 2.29. The van der Waals surface area contributed by atoms with Gasteiger partial charge >= 0.3 is 0 Å². The number of benzene rings is 1. The molecule has 19 heavy (non-hydrogen) atoms. The number of rotatable bonds is 4. The predicted octanol–water partition coefficient (Wildman–Crippen LogP) is 3.30. The third-order valence-electron chi connectivity index (χ3n) is 2.52. The number of ether oxygens (including phenoxy) is 2. The molecule has 2 rings (SSSR count). The number of methoxy groups -OCH3 is 1. The molecule has 1 aromatic carbocycles. The van der Waals surface area contributed by atoms with Crippen LogP contribution in [0.2, 0.25) is 0 Å². The molecule has 5 heteroatoms. The average Bonchev–Trinajstić information content (AvgIpc) is 2.46. The molecule has 0 unspecified atom stereocenters. The summed E-state index contributed by atoms with van der Waals surface area (Å²) < 4.78 is 11.6. The Labute approximate surface area is 119 Å². The number of halogens is 1. The lowest BCUT2D eigenvalue weighted by molar-refractivity contribution is 0.302. The molecule has 1 heterocycles. The van der Waals surface area contributed by atoms with Gasteiger partial charge in [0.15, 0.2) is 0 Å².